The van der Waals surface area contributed by atoms with Crippen LogP contribution in [0.5, 0.6) is 5.75 Å². The third kappa shape index (κ3) is 4.97. The standard InChI is InChI=1S/C26H31N5O3/c1-17(2)30-9-11-31(12-10-30)20-6-8-24(27-15-20)28-25(33)23-13-19(16-29(4)26(23)34)22-14-21(32)7-5-18(22)3/h5-8,13-17,32H,9-12H2,1-4H3,(H,27,28,33). The lowest BCUT2D eigenvalue weighted by molar-refractivity contribution is 0.102. The molecule has 0 saturated carbocycles. The summed E-state index contributed by atoms with van der Waals surface area (Å²) in [4.78, 5) is 34.8. The summed E-state index contributed by atoms with van der Waals surface area (Å²) < 4.78 is 1.38. The van der Waals surface area contributed by atoms with Crippen molar-refractivity contribution in [1.29, 1.82) is 0 Å². The van der Waals surface area contributed by atoms with Crippen LogP contribution in [0.1, 0.15) is 29.8 Å². The van der Waals surface area contributed by atoms with Crippen molar-refractivity contribution < 1.29 is 9.90 Å². The van der Waals surface area contributed by atoms with Gasteiger partial charge in [-0.1, -0.05) is 6.07 Å². The van der Waals surface area contributed by atoms with Crippen molar-refractivity contribution in [2.75, 3.05) is 36.4 Å². The molecule has 0 atom stereocenters. The Bertz CT molecular complexity index is 1240. The lowest BCUT2D eigenvalue weighted by Gasteiger charge is -2.38. The van der Waals surface area contributed by atoms with Crippen molar-refractivity contribution in [2.24, 2.45) is 7.05 Å². The van der Waals surface area contributed by atoms with E-state index in [0.29, 0.717) is 17.4 Å². The fourth-order valence-corrected chi connectivity index (χ4v) is 4.27. The molecular weight excluding hydrogens is 430 g/mol. The lowest BCUT2D eigenvalue weighted by Crippen LogP contribution is -2.48. The van der Waals surface area contributed by atoms with Gasteiger partial charge in [-0.25, -0.2) is 4.98 Å². The molecule has 1 saturated heterocycles. The zero-order chi connectivity index (χ0) is 24.4. The van der Waals surface area contributed by atoms with E-state index in [-0.39, 0.29) is 11.3 Å². The van der Waals surface area contributed by atoms with Crippen LogP contribution in [0.2, 0.25) is 0 Å². The minimum atomic E-state index is -0.522. The summed E-state index contributed by atoms with van der Waals surface area (Å²) in [6.45, 7) is 10.2. The molecule has 3 heterocycles. The highest BCUT2D eigenvalue weighted by atomic mass is 16.3. The van der Waals surface area contributed by atoms with Crippen molar-refractivity contribution >= 4 is 17.4 Å². The van der Waals surface area contributed by atoms with Gasteiger partial charge in [-0.3, -0.25) is 14.5 Å². The molecule has 1 aliphatic heterocycles. The predicted molar refractivity (Wildman–Crippen MR) is 135 cm³/mol. The summed E-state index contributed by atoms with van der Waals surface area (Å²) in [6.07, 6.45) is 3.41. The Balaban J connectivity index is 1.51. The molecule has 0 bridgehead atoms. The lowest BCUT2D eigenvalue weighted by atomic mass is 10.00. The average molecular weight is 462 g/mol. The van der Waals surface area contributed by atoms with Gasteiger partial charge in [0.15, 0.2) is 0 Å². The topological polar surface area (TPSA) is 90.7 Å². The number of carbonyl (C=O) groups is 1. The Hall–Kier alpha value is -3.65. The first-order chi connectivity index (χ1) is 16.2. The Morgan fingerprint density at radius 2 is 1.82 bits per heavy atom. The number of aromatic nitrogens is 2. The number of aromatic hydroxyl groups is 1. The number of amides is 1. The van der Waals surface area contributed by atoms with Crippen LogP contribution in [0.25, 0.3) is 11.1 Å². The number of nitrogens with one attached hydrogen (secondary N) is 1. The van der Waals surface area contributed by atoms with Crippen LogP contribution in [-0.2, 0) is 7.05 Å². The minimum Gasteiger partial charge on any atom is -0.508 e. The molecule has 4 rings (SSSR count). The van der Waals surface area contributed by atoms with Crippen LogP contribution in [0.3, 0.4) is 0 Å². The summed E-state index contributed by atoms with van der Waals surface area (Å²) in [5.41, 5.74) is 2.97. The van der Waals surface area contributed by atoms with Gasteiger partial charge in [0.25, 0.3) is 11.5 Å². The molecule has 0 unspecified atom stereocenters. The van der Waals surface area contributed by atoms with Gasteiger partial charge < -0.3 is 19.9 Å². The molecule has 2 N–H and O–H groups in total. The Morgan fingerprint density at radius 1 is 1.09 bits per heavy atom. The first-order valence-corrected chi connectivity index (χ1v) is 11.5. The number of phenolic OH excluding ortho intramolecular Hbond substituents is 1. The second kappa shape index (κ2) is 9.69. The van der Waals surface area contributed by atoms with Gasteiger partial charge in [-0.15, -0.1) is 0 Å². The Labute approximate surface area is 199 Å². The maximum absolute atomic E-state index is 13.0. The number of rotatable bonds is 5. The van der Waals surface area contributed by atoms with Gasteiger partial charge in [0, 0.05) is 45.5 Å². The number of piperazine rings is 1. The fraction of sp³-hybridized carbons (Fsp3) is 0.346. The average Bonchev–Trinajstić information content (AvgIpc) is 2.82. The van der Waals surface area contributed by atoms with E-state index in [1.807, 2.05) is 13.0 Å². The number of pyridine rings is 2. The van der Waals surface area contributed by atoms with Crippen LogP contribution in [0.4, 0.5) is 11.5 Å². The highest BCUT2D eigenvalue weighted by Gasteiger charge is 2.20. The molecule has 3 aromatic rings. The van der Waals surface area contributed by atoms with Gasteiger partial charge in [0.2, 0.25) is 0 Å². The van der Waals surface area contributed by atoms with Crippen molar-refractivity contribution in [3.63, 3.8) is 0 Å². The predicted octanol–water partition coefficient (Wildman–Crippen LogP) is 3.24. The number of carbonyl (C=O) groups excluding carboxylic acids is 1. The smallest absolute Gasteiger partial charge is 0.263 e. The molecular formula is C26H31N5O3. The number of nitrogens with zero attached hydrogens (tertiary/aromatic N) is 4. The SMILES string of the molecule is Cc1ccc(O)cc1-c1cc(C(=O)Nc2ccc(N3CCN(C(C)C)CC3)cn2)c(=O)n(C)c1. The zero-order valence-electron chi connectivity index (χ0n) is 20.1. The molecule has 0 spiro atoms. The number of anilines is 2. The summed E-state index contributed by atoms with van der Waals surface area (Å²) >= 11 is 0. The summed E-state index contributed by atoms with van der Waals surface area (Å²) in [5, 5.41) is 12.6. The normalized spacial score (nSPS) is 14.4. The molecule has 2 aromatic heterocycles. The number of hydrogen-bond donors (Lipinski definition) is 2. The van der Waals surface area contributed by atoms with Gasteiger partial charge in [-0.2, -0.15) is 0 Å². The number of benzene rings is 1. The number of hydrogen-bond acceptors (Lipinski definition) is 6. The molecule has 1 fully saturated rings. The van der Waals surface area contributed by atoms with E-state index in [1.165, 1.54) is 4.57 Å². The molecule has 0 radical (unpaired) electrons. The third-order valence-electron chi connectivity index (χ3n) is 6.36. The monoisotopic (exact) mass is 461 g/mol. The van der Waals surface area contributed by atoms with Crippen LogP contribution in [0, 0.1) is 6.92 Å². The molecule has 178 valence electrons. The highest BCUT2D eigenvalue weighted by molar-refractivity contribution is 6.04. The molecule has 0 aliphatic carbocycles. The van der Waals surface area contributed by atoms with Gasteiger partial charge in [-0.05, 0) is 67.8 Å². The Kier molecular flexibility index (Phi) is 6.70. The maximum atomic E-state index is 13.0. The van der Waals surface area contributed by atoms with E-state index >= 15 is 0 Å². The number of phenols is 1. The van der Waals surface area contributed by atoms with Crippen molar-refractivity contribution in [1.82, 2.24) is 14.5 Å². The van der Waals surface area contributed by atoms with E-state index < -0.39 is 11.5 Å². The van der Waals surface area contributed by atoms with E-state index in [2.05, 4.69) is 33.9 Å². The maximum Gasteiger partial charge on any atom is 0.263 e. The van der Waals surface area contributed by atoms with Crippen molar-refractivity contribution in [3.8, 4) is 16.9 Å². The molecule has 34 heavy (non-hydrogen) atoms. The van der Waals surface area contributed by atoms with E-state index in [1.54, 1.807) is 49.8 Å². The van der Waals surface area contributed by atoms with E-state index in [0.717, 1.165) is 43.0 Å². The summed E-state index contributed by atoms with van der Waals surface area (Å²) in [5.74, 6) is -0.0167. The van der Waals surface area contributed by atoms with Crippen LogP contribution >= 0.6 is 0 Å². The second-order valence-electron chi connectivity index (χ2n) is 9.03. The Morgan fingerprint density at radius 3 is 2.47 bits per heavy atom. The second-order valence-corrected chi connectivity index (χ2v) is 9.03. The first kappa shape index (κ1) is 23.5. The molecule has 1 amide bonds. The number of aryl methyl sites for hydroxylation is 2. The van der Waals surface area contributed by atoms with Gasteiger partial charge >= 0.3 is 0 Å². The van der Waals surface area contributed by atoms with Crippen LogP contribution < -0.4 is 15.8 Å². The molecule has 8 heteroatoms. The molecule has 8 nitrogen and oxygen atoms in total. The quantitative estimate of drug-likeness (QED) is 0.606. The van der Waals surface area contributed by atoms with Gasteiger partial charge in [0.1, 0.15) is 17.1 Å². The third-order valence-corrected chi connectivity index (χ3v) is 6.36. The molecule has 1 aromatic carbocycles. The van der Waals surface area contributed by atoms with E-state index in [4.69, 9.17) is 0 Å². The van der Waals surface area contributed by atoms with E-state index in [9.17, 15) is 14.7 Å². The molecule has 1 aliphatic rings. The fourth-order valence-electron chi connectivity index (χ4n) is 4.27. The van der Waals surface area contributed by atoms with Crippen molar-refractivity contribution in [2.45, 2.75) is 26.8 Å². The minimum absolute atomic E-state index is 0.0124. The highest BCUT2D eigenvalue weighted by Crippen LogP contribution is 2.27. The summed E-state index contributed by atoms with van der Waals surface area (Å²) in [6, 6.07) is 10.8. The van der Waals surface area contributed by atoms with Gasteiger partial charge in [0.05, 0.1) is 11.9 Å². The first-order valence-electron chi connectivity index (χ1n) is 11.5. The summed E-state index contributed by atoms with van der Waals surface area (Å²) in [7, 11) is 1.60. The zero-order valence-corrected chi connectivity index (χ0v) is 20.1. The van der Waals surface area contributed by atoms with Crippen molar-refractivity contribution in [3.05, 3.63) is 70.3 Å². The van der Waals surface area contributed by atoms with Crippen LogP contribution in [-0.4, -0.2) is 57.7 Å². The van der Waals surface area contributed by atoms with Crippen LogP contribution in [0.15, 0.2) is 53.6 Å². The largest absolute Gasteiger partial charge is 0.508 e.